The van der Waals surface area contributed by atoms with Crippen LogP contribution in [0, 0.1) is 12.8 Å². The van der Waals surface area contributed by atoms with Crippen LogP contribution < -0.4 is 5.32 Å². The van der Waals surface area contributed by atoms with Crippen molar-refractivity contribution in [3.63, 3.8) is 0 Å². The van der Waals surface area contributed by atoms with E-state index in [1.807, 2.05) is 128 Å². The van der Waals surface area contributed by atoms with Gasteiger partial charge in [0.1, 0.15) is 0 Å². The number of amides is 1. The number of allylic oxidation sites excluding steroid dienone is 2. The Morgan fingerprint density at radius 3 is 2.09 bits per heavy atom. The van der Waals surface area contributed by atoms with Gasteiger partial charge in [0.05, 0.1) is 25.5 Å². The summed E-state index contributed by atoms with van der Waals surface area (Å²) in [4.78, 5) is 12.9. The number of nitrogens with one attached hydrogen (secondary N) is 1. The van der Waals surface area contributed by atoms with Gasteiger partial charge in [0.15, 0.2) is 0 Å². The molecule has 45 heavy (non-hydrogen) atoms. The number of carbonyl (C=O) groups excluding carboxylic acids is 1. The Labute approximate surface area is 281 Å². The standard InChI is InChI=1S/C17H23ClN2O.C8H10O.C7H14O2.2C2H6.C2H2/c1-4-6-7-16(20(5-2)13-21)10-8-14-12-15(18)9-11-17(14)19-3;1-9-7-8-5-3-2-4-6-8;1-3-5-9-7-4-6-8-2;3*1-2/h4,6,8-13,16,19H,5,7H2,1-3H3;2-6H,7H2,1H3;3,5H,4,6-7H2,1-2H3;2*1-2H3;1-2H/b6-4-,10-8+;;5-3+;;;. The lowest BCUT2D eigenvalue weighted by atomic mass is 10.1. The lowest BCUT2D eigenvalue weighted by Crippen LogP contribution is -2.32. The van der Waals surface area contributed by atoms with Crippen molar-refractivity contribution in [1.29, 1.82) is 0 Å². The number of methoxy groups -OCH3 is 2. The van der Waals surface area contributed by atoms with Gasteiger partial charge in [0.2, 0.25) is 6.41 Å². The molecule has 2 aromatic carbocycles. The highest BCUT2D eigenvalue weighted by molar-refractivity contribution is 6.30. The predicted octanol–water partition coefficient (Wildman–Crippen LogP) is 9.92. The number of hydrogen-bond donors (Lipinski definition) is 1. The van der Waals surface area contributed by atoms with Crippen LogP contribution in [0.4, 0.5) is 5.69 Å². The van der Waals surface area contributed by atoms with Crippen molar-refractivity contribution in [2.24, 2.45) is 0 Å². The van der Waals surface area contributed by atoms with Gasteiger partial charge in [0, 0.05) is 51.5 Å². The summed E-state index contributed by atoms with van der Waals surface area (Å²) in [7, 11) is 5.27. The number of carbonyl (C=O) groups is 1. The molecule has 0 aliphatic heterocycles. The van der Waals surface area contributed by atoms with Crippen molar-refractivity contribution in [3.8, 4) is 12.8 Å². The molecule has 0 saturated carbocycles. The second kappa shape index (κ2) is 40.5. The Morgan fingerprint density at radius 1 is 0.956 bits per heavy atom. The number of nitrogens with zero attached hydrogens (tertiary/aromatic N) is 1. The molecule has 6 nitrogen and oxygen atoms in total. The molecule has 0 saturated heterocycles. The highest BCUT2D eigenvalue weighted by Crippen LogP contribution is 2.22. The Hall–Kier alpha value is -3.50. The molecule has 1 atom stereocenters. The zero-order valence-corrected chi connectivity index (χ0v) is 30.3. The molecule has 254 valence electrons. The van der Waals surface area contributed by atoms with Crippen molar-refractivity contribution >= 4 is 29.8 Å². The molecular weight excluding hydrogens is 584 g/mol. The van der Waals surface area contributed by atoms with Gasteiger partial charge >= 0.3 is 0 Å². The number of ether oxygens (including phenoxy) is 3. The van der Waals surface area contributed by atoms with E-state index in [0.29, 0.717) is 18.2 Å². The van der Waals surface area contributed by atoms with Crippen molar-refractivity contribution in [2.75, 3.05) is 46.3 Å². The van der Waals surface area contributed by atoms with E-state index in [0.717, 1.165) is 43.7 Å². The van der Waals surface area contributed by atoms with E-state index >= 15 is 0 Å². The third kappa shape index (κ3) is 29.0. The Morgan fingerprint density at radius 2 is 1.60 bits per heavy atom. The van der Waals surface area contributed by atoms with Crippen LogP contribution in [0.2, 0.25) is 5.02 Å². The van der Waals surface area contributed by atoms with Crippen LogP contribution in [0.15, 0.2) is 79.1 Å². The first-order valence-corrected chi connectivity index (χ1v) is 15.9. The van der Waals surface area contributed by atoms with E-state index in [4.69, 9.17) is 25.8 Å². The van der Waals surface area contributed by atoms with Crippen LogP contribution in [0.25, 0.3) is 6.08 Å². The number of hydrogen-bond acceptors (Lipinski definition) is 5. The summed E-state index contributed by atoms with van der Waals surface area (Å²) in [5, 5.41) is 3.84. The molecule has 1 amide bonds. The Balaban J connectivity index is -0.000000290. The zero-order valence-electron chi connectivity index (χ0n) is 29.6. The molecule has 1 unspecified atom stereocenters. The SMILES string of the molecule is C#C.C/C=C/OCCCOC.C/C=C\CC(/C=C/c1cc(Cl)ccc1NC)N(C=O)CC.CC.CC.COCc1ccccc1. The van der Waals surface area contributed by atoms with Gasteiger partial charge in [0.25, 0.3) is 0 Å². The maximum atomic E-state index is 11.2. The molecule has 1 N–H and O–H groups in total. The van der Waals surface area contributed by atoms with E-state index in [2.05, 4.69) is 24.2 Å². The normalized spacial score (nSPS) is 10.2. The molecule has 0 radical (unpaired) electrons. The number of terminal acetylenes is 1. The molecule has 7 heteroatoms. The lowest BCUT2D eigenvalue weighted by molar-refractivity contribution is -0.119. The topological polar surface area (TPSA) is 60.0 Å². The predicted molar refractivity (Wildman–Crippen MR) is 199 cm³/mol. The minimum absolute atomic E-state index is 0.0485. The van der Waals surface area contributed by atoms with Gasteiger partial charge in [-0.2, -0.15) is 0 Å². The van der Waals surface area contributed by atoms with Crippen LogP contribution >= 0.6 is 11.6 Å². The van der Waals surface area contributed by atoms with E-state index in [1.165, 1.54) is 5.56 Å². The quantitative estimate of drug-likeness (QED) is 0.0687. The summed E-state index contributed by atoms with van der Waals surface area (Å²) in [5.41, 5.74) is 3.24. The molecule has 2 rings (SSSR count). The van der Waals surface area contributed by atoms with Gasteiger partial charge < -0.3 is 24.4 Å². The monoisotopic (exact) mass is 644 g/mol. The summed E-state index contributed by atoms with van der Waals surface area (Å²) >= 11 is 6.05. The van der Waals surface area contributed by atoms with Gasteiger partial charge in [-0.25, -0.2) is 0 Å². The lowest BCUT2D eigenvalue weighted by Gasteiger charge is -2.23. The first-order valence-electron chi connectivity index (χ1n) is 15.6. The molecule has 0 aliphatic carbocycles. The second-order valence-electron chi connectivity index (χ2n) is 8.25. The highest BCUT2D eigenvalue weighted by Gasteiger charge is 2.10. The number of benzene rings is 2. The van der Waals surface area contributed by atoms with Crippen LogP contribution in [0.5, 0.6) is 0 Å². The first kappa shape index (κ1) is 48.4. The summed E-state index contributed by atoms with van der Waals surface area (Å²) in [5.74, 6) is 0. The maximum Gasteiger partial charge on any atom is 0.210 e. The molecule has 2 aromatic rings. The van der Waals surface area contributed by atoms with Crippen molar-refractivity contribution in [2.45, 2.75) is 74.0 Å². The Bertz CT molecular complexity index is 992. The number of likely N-dealkylation sites (N-methyl/N-ethyl adjacent to an activating group) is 1. The molecule has 0 aliphatic rings. The van der Waals surface area contributed by atoms with Crippen LogP contribution in [-0.2, 0) is 25.6 Å². The van der Waals surface area contributed by atoms with Gasteiger partial charge in [-0.05, 0) is 56.5 Å². The zero-order chi connectivity index (χ0) is 35.1. The fourth-order valence-electron chi connectivity index (χ4n) is 3.29. The maximum absolute atomic E-state index is 11.2. The highest BCUT2D eigenvalue weighted by atomic mass is 35.5. The fourth-order valence-corrected chi connectivity index (χ4v) is 3.47. The van der Waals surface area contributed by atoms with Crippen LogP contribution in [0.1, 0.15) is 72.4 Å². The van der Waals surface area contributed by atoms with Gasteiger partial charge in [-0.15, -0.1) is 12.8 Å². The van der Waals surface area contributed by atoms with Gasteiger partial charge in [-0.3, -0.25) is 4.79 Å². The second-order valence-corrected chi connectivity index (χ2v) is 8.69. The fraction of sp³-hybridized carbons (Fsp3) is 0.447. The minimum Gasteiger partial charge on any atom is -0.501 e. The van der Waals surface area contributed by atoms with Crippen LogP contribution in [-0.4, -0.2) is 58.4 Å². The molecule has 0 heterocycles. The Kier molecular flexibility index (Phi) is 43.6. The molecule has 0 bridgehead atoms. The average Bonchev–Trinajstić information content (AvgIpc) is 3.10. The summed E-state index contributed by atoms with van der Waals surface area (Å²) in [6.07, 6.45) is 22.3. The van der Waals surface area contributed by atoms with E-state index < -0.39 is 0 Å². The molecule has 0 spiro atoms. The third-order valence-corrected chi connectivity index (χ3v) is 5.55. The van der Waals surface area contributed by atoms with E-state index in [1.54, 1.807) is 25.4 Å². The summed E-state index contributed by atoms with van der Waals surface area (Å²) in [6, 6.07) is 15.9. The third-order valence-electron chi connectivity index (χ3n) is 5.32. The van der Waals surface area contributed by atoms with E-state index in [-0.39, 0.29) is 6.04 Å². The summed E-state index contributed by atoms with van der Waals surface area (Å²) in [6.45, 7) is 16.8. The number of anilines is 1. The van der Waals surface area contributed by atoms with Crippen molar-refractivity contribution < 1.29 is 19.0 Å². The minimum atomic E-state index is 0.0485. The van der Waals surface area contributed by atoms with Crippen molar-refractivity contribution in [3.05, 3.63) is 95.2 Å². The smallest absolute Gasteiger partial charge is 0.210 e. The largest absolute Gasteiger partial charge is 0.501 e. The molecule has 0 aromatic heterocycles. The first-order chi connectivity index (χ1) is 22.0. The molecular formula is C38H61ClN2O4. The van der Waals surface area contributed by atoms with Gasteiger partial charge in [-0.1, -0.05) is 100 Å². The van der Waals surface area contributed by atoms with E-state index in [9.17, 15) is 4.79 Å². The van der Waals surface area contributed by atoms with Crippen molar-refractivity contribution in [1.82, 2.24) is 4.90 Å². The number of rotatable bonds is 15. The number of halogens is 1. The average molecular weight is 645 g/mol. The molecule has 0 fully saturated rings. The van der Waals surface area contributed by atoms with Crippen LogP contribution in [0.3, 0.4) is 0 Å². The summed E-state index contributed by atoms with van der Waals surface area (Å²) < 4.78 is 14.8.